The molecule has 10 heteroatoms. The minimum Gasteiger partial charge on any atom is -0.480 e. The van der Waals surface area contributed by atoms with Crippen LogP contribution in [0.25, 0.3) is 5.69 Å². The minimum absolute atomic E-state index is 0.0329. The molecule has 2 heterocycles. The van der Waals surface area contributed by atoms with Gasteiger partial charge in [-0.1, -0.05) is 18.9 Å². The van der Waals surface area contributed by atoms with E-state index in [-0.39, 0.29) is 29.3 Å². The second kappa shape index (κ2) is 9.09. The number of nitrogens with zero attached hydrogens (tertiary/aromatic N) is 5. The quantitative estimate of drug-likeness (QED) is 0.491. The van der Waals surface area contributed by atoms with Crippen molar-refractivity contribution in [3.05, 3.63) is 42.2 Å². The summed E-state index contributed by atoms with van der Waals surface area (Å²) in [4.78, 5) is 22.9. The third kappa shape index (κ3) is 4.64. The summed E-state index contributed by atoms with van der Waals surface area (Å²) in [6.07, 6.45) is 7.35. The van der Waals surface area contributed by atoms with Crippen LogP contribution in [0.5, 0.6) is 5.88 Å². The van der Waals surface area contributed by atoms with Crippen LogP contribution in [0.4, 0.5) is 17.5 Å². The Morgan fingerprint density at radius 2 is 1.97 bits per heavy atom. The van der Waals surface area contributed by atoms with Crippen molar-refractivity contribution in [2.45, 2.75) is 44.7 Å². The SMILES string of the molecule is COc1nc(N[C@@H]2CCCC[C@@H]2N)nc(Nc2cccc(-n3nccn3)c2)c1C(C)=O. The number of carbonyl (C=O) groups excluding carboxylic acids is 1. The van der Waals surface area contributed by atoms with Crippen molar-refractivity contribution < 1.29 is 9.53 Å². The van der Waals surface area contributed by atoms with E-state index in [1.54, 1.807) is 12.4 Å². The molecule has 10 nitrogen and oxygen atoms in total. The lowest BCUT2D eigenvalue weighted by Crippen LogP contribution is -2.43. The Morgan fingerprint density at radius 1 is 1.19 bits per heavy atom. The molecule has 0 radical (unpaired) electrons. The number of nitrogens with two attached hydrogens (primary N) is 1. The summed E-state index contributed by atoms with van der Waals surface area (Å²) in [6, 6.07) is 7.59. The van der Waals surface area contributed by atoms with Crippen molar-refractivity contribution in [3.63, 3.8) is 0 Å². The molecular formula is C21H26N8O2. The molecule has 1 aliphatic carbocycles. The van der Waals surface area contributed by atoms with E-state index in [1.165, 1.54) is 18.8 Å². The van der Waals surface area contributed by atoms with E-state index in [0.29, 0.717) is 11.8 Å². The maximum absolute atomic E-state index is 12.4. The number of hydrogen-bond donors (Lipinski definition) is 3. The predicted molar refractivity (Wildman–Crippen MR) is 117 cm³/mol. The van der Waals surface area contributed by atoms with Gasteiger partial charge >= 0.3 is 0 Å². The Kier molecular flexibility index (Phi) is 6.08. The average Bonchev–Trinajstić information content (AvgIpc) is 3.30. The zero-order valence-electron chi connectivity index (χ0n) is 17.6. The lowest BCUT2D eigenvalue weighted by molar-refractivity contribution is 0.101. The number of methoxy groups -OCH3 is 1. The molecule has 0 bridgehead atoms. The van der Waals surface area contributed by atoms with Crippen LogP contribution >= 0.6 is 0 Å². The van der Waals surface area contributed by atoms with E-state index in [0.717, 1.165) is 37.1 Å². The Morgan fingerprint density at radius 3 is 2.68 bits per heavy atom. The molecule has 2 aromatic heterocycles. The Labute approximate surface area is 180 Å². The predicted octanol–water partition coefficient (Wildman–Crippen LogP) is 2.69. The van der Waals surface area contributed by atoms with E-state index in [9.17, 15) is 4.79 Å². The van der Waals surface area contributed by atoms with Gasteiger partial charge in [-0.2, -0.15) is 25.0 Å². The van der Waals surface area contributed by atoms with Crippen LogP contribution in [0.2, 0.25) is 0 Å². The fraction of sp³-hybridized carbons (Fsp3) is 0.381. The number of Topliss-reactive ketones (excluding diaryl/α,β-unsaturated/α-hetero) is 1. The molecule has 162 valence electrons. The molecule has 3 aromatic rings. The van der Waals surface area contributed by atoms with Crippen LogP contribution < -0.4 is 21.1 Å². The van der Waals surface area contributed by atoms with E-state index in [4.69, 9.17) is 10.5 Å². The highest BCUT2D eigenvalue weighted by molar-refractivity contribution is 6.01. The van der Waals surface area contributed by atoms with E-state index >= 15 is 0 Å². The first-order valence-corrected chi connectivity index (χ1v) is 10.3. The molecular weight excluding hydrogens is 396 g/mol. The summed E-state index contributed by atoms with van der Waals surface area (Å²) in [5.41, 5.74) is 8.04. The van der Waals surface area contributed by atoms with E-state index in [2.05, 4.69) is 30.8 Å². The number of hydrogen-bond acceptors (Lipinski definition) is 9. The van der Waals surface area contributed by atoms with Gasteiger partial charge in [-0.3, -0.25) is 4.79 Å². The summed E-state index contributed by atoms with van der Waals surface area (Å²) < 4.78 is 5.42. The molecule has 31 heavy (non-hydrogen) atoms. The number of ether oxygens (including phenoxy) is 1. The Balaban J connectivity index is 1.68. The normalized spacial score (nSPS) is 18.4. The second-order valence-electron chi connectivity index (χ2n) is 7.53. The van der Waals surface area contributed by atoms with Crippen molar-refractivity contribution in [2.75, 3.05) is 17.7 Å². The number of rotatable bonds is 7. The minimum atomic E-state index is -0.204. The van der Waals surface area contributed by atoms with Crippen LogP contribution in [-0.2, 0) is 0 Å². The number of ketones is 1. The summed E-state index contributed by atoms with van der Waals surface area (Å²) in [5.74, 6) is 0.736. The molecule has 1 aromatic carbocycles. The molecule has 0 saturated heterocycles. The number of nitrogens with one attached hydrogen (secondary N) is 2. The van der Waals surface area contributed by atoms with Crippen LogP contribution in [0.15, 0.2) is 36.7 Å². The summed E-state index contributed by atoms with van der Waals surface area (Å²) in [7, 11) is 1.48. The van der Waals surface area contributed by atoms with Gasteiger partial charge in [0.1, 0.15) is 5.56 Å². The van der Waals surface area contributed by atoms with Gasteiger partial charge in [-0.25, -0.2) is 0 Å². The largest absolute Gasteiger partial charge is 0.480 e. The molecule has 0 aliphatic heterocycles. The molecule has 1 aliphatic rings. The first-order valence-electron chi connectivity index (χ1n) is 10.3. The lowest BCUT2D eigenvalue weighted by Gasteiger charge is -2.29. The zero-order chi connectivity index (χ0) is 21.8. The molecule has 0 amide bonds. The van der Waals surface area contributed by atoms with E-state index < -0.39 is 0 Å². The van der Waals surface area contributed by atoms with E-state index in [1.807, 2.05) is 24.3 Å². The fourth-order valence-corrected chi connectivity index (χ4v) is 3.76. The monoisotopic (exact) mass is 422 g/mol. The first-order chi connectivity index (χ1) is 15.0. The smallest absolute Gasteiger partial charge is 0.231 e. The number of aromatic nitrogens is 5. The lowest BCUT2D eigenvalue weighted by atomic mass is 9.91. The second-order valence-corrected chi connectivity index (χ2v) is 7.53. The van der Waals surface area contributed by atoms with Gasteiger partial charge in [0, 0.05) is 17.8 Å². The highest BCUT2D eigenvalue weighted by Gasteiger charge is 2.25. The summed E-state index contributed by atoms with van der Waals surface area (Å²) >= 11 is 0. The van der Waals surface area contributed by atoms with Crippen LogP contribution in [0, 0.1) is 0 Å². The number of anilines is 3. The molecule has 1 fully saturated rings. The standard InChI is InChI=1S/C21H26N8O2/c1-13(30)18-19(25-14-6-5-7-15(12-14)29-23-10-11-24-29)27-21(28-20(18)31-2)26-17-9-4-3-8-16(17)22/h5-7,10-12,16-17H,3-4,8-9,22H2,1-2H3,(H2,25,26,27,28)/t16-,17+/m0/s1. The Hall–Kier alpha value is -3.53. The van der Waals surface area contributed by atoms with Gasteiger partial charge in [-0.05, 0) is 38.0 Å². The van der Waals surface area contributed by atoms with Gasteiger partial charge < -0.3 is 21.1 Å². The highest BCUT2D eigenvalue weighted by atomic mass is 16.5. The first kappa shape index (κ1) is 20.7. The van der Waals surface area contributed by atoms with Gasteiger partial charge in [-0.15, -0.1) is 0 Å². The van der Waals surface area contributed by atoms with Gasteiger partial charge in [0.15, 0.2) is 11.6 Å². The zero-order valence-corrected chi connectivity index (χ0v) is 17.6. The van der Waals surface area contributed by atoms with Crippen molar-refractivity contribution in [1.82, 2.24) is 25.0 Å². The molecule has 4 rings (SSSR count). The van der Waals surface area contributed by atoms with Crippen molar-refractivity contribution in [2.24, 2.45) is 5.73 Å². The summed E-state index contributed by atoms with van der Waals surface area (Å²) in [5, 5.41) is 14.9. The van der Waals surface area contributed by atoms with Crippen LogP contribution in [0.3, 0.4) is 0 Å². The third-order valence-electron chi connectivity index (χ3n) is 5.31. The number of carbonyl (C=O) groups is 1. The van der Waals surface area contributed by atoms with Gasteiger partial charge in [0.2, 0.25) is 11.8 Å². The topological polar surface area (TPSA) is 133 Å². The van der Waals surface area contributed by atoms with Crippen LogP contribution in [-0.4, -0.2) is 49.9 Å². The fourth-order valence-electron chi connectivity index (χ4n) is 3.76. The van der Waals surface area contributed by atoms with Crippen molar-refractivity contribution in [1.29, 1.82) is 0 Å². The maximum atomic E-state index is 12.4. The average molecular weight is 422 g/mol. The van der Waals surface area contributed by atoms with Gasteiger partial charge in [0.25, 0.3) is 0 Å². The molecule has 0 spiro atoms. The number of benzene rings is 1. The van der Waals surface area contributed by atoms with Crippen LogP contribution in [0.1, 0.15) is 43.0 Å². The van der Waals surface area contributed by atoms with Crippen molar-refractivity contribution >= 4 is 23.2 Å². The Bertz CT molecular complexity index is 1050. The van der Waals surface area contributed by atoms with Gasteiger partial charge in [0.05, 0.1) is 25.2 Å². The highest BCUT2D eigenvalue weighted by Crippen LogP contribution is 2.29. The molecule has 2 atom stereocenters. The van der Waals surface area contributed by atoms with Crippen molar-refractivity contribution in [3.8, 4) is 11.6 Å². The molecule has 0 unspecified atom stereocenters. The maximum Gasteiger partial charge on any atom is 0.231 e. The summed E-state index contributed by atoms with van der Waals surface area (Å²) in [6.45, 7) is 1.46. The molecule has 4 N–H and O–H groups in total. The molecule has 1 saturated carbocycles. The third-order valence-corrected chi connectivity index (χ3v) is 5.31.